The zero-order chi connectivity index (χ0) is 13.9. The van der Waals surface area contributed by atoms with Gasteiger partial charge < -0.3 is 9.47 Å². The van der Waals surface area contributed by atoms with Crippen molar-refractivity contribution < 1.29 is 0 Å². The highest BCUT2D eigenvalue weighted by Crippen LogP contribution is 2.27. The van der Waals surface area contributed by atoms with Gasteiger partial charge in [-0.15, -0.1) is 0 Å². The zero-order valence-corrected chi connectivity index (χ0v) is 13.4. The van der Waals surface area contributed by atoms with Gasteiger partial charge in [-0.05, 0) is 38.1 Å². The van der Waals surface area contributed by atoms with Crippen molar-refractivity contribution in [3.8, 4) is 11.4 Å². The molecule has 2 aromatic rings. The normalized spacial score (nSPS) is 20.2. The molecule has 1 atom stereocenters. The molecular formula is C16H20BrN3. The van der Waals surface area contributed by atoms with Crippen molar-refractivity contribution in [3.63, 3.8) is 0 Å². The second kappa shape index (κ2) is 6.10. The summed E-state index contributed by atoms with van der Waals surface area (Å²) in [6.45, 7) is 5.75. The predicted octanol–water partition coefficient (Wildman–Crippen LogP) is 3.97. The highest BCUT2D eigenvalue weighted by Gasteiger charge is 2.22. The summed E-state index contributed by atoms with van der Waals surface area (Å²) in [6.07, 6.45) is 6.57. The van der Waals surface area contributed by atoms with Crippen LogP contribution in [-0.4, -0.2) is 34.1 Å². The van der Waals surface area contributed by atoms with Gasteiger partial charge in [-0.25, -0.2) is 4.98 Å². The summed E-state index contributed by atoms with van der Waals surface area (Å²) < 4.78 is 3.46. The molecule has 4 heteroatoms. The summed E-state index contributed by atoms with van der Waals surface area (Å²) >= 11 is 3.49. The van der Waals surface area contributed by atoms with E-state index in [4.69, 9.17) is 0 Å². The van der Waals surface area contributed by atoms with Crippen molar-refractivity contribution in [1.82, 2.24) is 14.5 Å². The second-order valence-corrected chi connectivity index (χ2v) is 6.27. The SMILES string of the molecule is CCN1CCCC(n2ccnc2-c2ccc(Br)cc2)C1. The number of nitrogens with zero attached hydrogens (tertiary/aromatic N) is 3. The van der Waals surface area contributed by atoms with Crippen LogP contribution in [0, 0.1) is 0 Å². The lowest BCUT2D eigenvalue weighted by atomic mass is 10.0. The van der Waals surface area contributed by atoms with Crippen molar-refractivity contribution >= 4 is 15.9 Å². The molecule has 106 valence electrons. The predicted molar refractivity (Wildman–Crippen MR) is 85.7 cm³/mol. The Morgan fingerprint density at radius 1 is 1.30 bits per heavy atom. The largest absolute Gasteiger partial charge is 0.327 e. The number of likely N-dealkylation sites (tertiary alicyclic amines) is 1. The van der Waals surface area contributed by atoms with Crippen LogP contribution in [0.2, 0.25) is 0 Å². The second-order valence-electron chi connectivity index (χ2n) is 5.35. The first-order chi connectivity index (χ1) is 9.78. The van der Waals surface area contributed by atoms with E-state index >= 15 is 0 Å². The van der Waals surface area contributed by atoms with Gasteiger partial charge in [0.1, 0.15) is 5.82 Å². The molecule has 1 aromatic heterocycles. The maximum Gasteiger partial charge on any atom is 0.140 e. The van der Waals surface area contributed by atoms with E-state index in [0.717, 1.165) is 23.4 Å². The summed E-state index contributed by atoms with van der Waals surface area (Å²) in [5.74, 6) is 1.08. The number of rotatable bonds is 3. The highest BCUT2D eigenvalue weighted by atomic mass is 79.9. The minimum Gasteiger partial charge on any atom is -0.327 e. The summed E-state index contributed by atoms with van der Waals surface area (Å²) in [5.41, 5.74) is 1.19. The van der Waals surface area contributed by atoms with Gasteiger partial charge in [0.05, 0.1) is 0 Å². The number of hydrogen-bond donors (Lipinski definition) is 0. The molecule has 0 radical (unpaired) electrons. The minimum atomic E-state index is 0.546. The van der Waals surface area contributed by atoms with E-state index in [1.807, 2.05) is 6.20 Å². The molecule has 1 unspecified atom stereocenters. The van der Waals surface area contributed by atoms with E-state index in [-0.39, 0.29) is 0 Å². The smallest absolute Gasteiger partial charge is 0.140 e. The number of likely N-dealkylation sites (N-methyl/N-ethyl adjacent to an activating group) is 1. The lowest BCUT2D eigenvalue weighted by Gasteiger charge is -2.33. The molecule has 1 aliphatic heterocycles. The van der Waals surface area contributed by atoms with Crippen molar-refractivity contribution in [2.75, 3.05) is 19.6 Å². The zero-order valence-electron chi connectivity index (χ0n) is 11.8. The van der Waals surface area contributed by atoms with Crippen LogP contribution in [0.5, 0.6) is 0 Å². The molecule has 1 saturated heterocycles. The fraction of sp³-hybridized carbons (Fsp3) is 0.438. The Labute approximate surface area is 128 Å². The number of hydrogen-bond acceptors (Lipinski definition) is 2. The molecule has 0 amide bonds. The van der Waals surface area contributed by atoms with Gasteiger partial charge in [0.15, 0.2) is 0 Å². The van der Waals surface area contributed by atoms with Crippen molar-refractivity contribution in [2.45, 2.75) is 25.8 Å². The van der Waals surface area contributed by atoms with E-state index in [0.29, 0.717) is 6.04 Å². The molecule has 0 bridgehead atoms. The third-order valence-electron chi connectivity index (χ3n) is 4.09. The van der Waals surface area contributed by atoms with Crippen LogP contribution in [0.4, 0.5) is 0 Å². The molecule has 3 rings (SSSR count). The Kier molecular flexibility index (Phi) is 4.22. The van der Waals surface area contributed by atoms with Gasteiger partial charge in [0, 0.05) is 35.0 Å². The Morgan fingerprint density at radius 3 is 2.85 bits per heavy atom. The van der Waals surface area contributed by atoms with Crippen LogP contribution >= 0.6 is 15.9 Å². The van der Waals surface area contributed by atoms with Crippen LogP contribution in [0.3, 0.4) is 0 Å². The number of aromatic nitrogens is 2. The molecule has 1 fully saturated rings. The van der Waals surface area contributed by atoms with Crippen molar-refractivity contribution in [1.29, 1.82) is 0 Å². The van der Waals surface area contributed by atoms with Gasteiger partial charge in [-0.3, -0.25) is 0 Å². The molecule has 0 N–H and O–H groups in total. The van der Waals surface area contributed by atoms with Gasteiger partial charge in [0.25, 0.3) is 0 Å². The number of benzene rings is 1. The summed E-state index contributed by atoms with van der Waals surface area (Å²) in [7, 11) is 0. The number of piperidine rings is 1. The monoisotopic (exact) mass is 333 g/mol. The standard InChI is InChI=1S/C16H20BrN3/c1-2-19-10-3-4-15(12-19)20-11-9-18-16(20)13-5-7-14(17)8-6-13/h5-9,11,15H,2-4,10,12H2,1H3. The molecule has 0 saturated carbocycles. The lowest BCUT2D eigenvalue weighted by molar-refractivity contribution is 0.186. The number of halogens is 1. The topological polar surface area (TPSA) is 21.1 Å². The van der Waals surface area contributed by atoms with Crippen molar-refractivity contribution in [3.05, 3.63) is 41.1 Å². The fourth-order valence-corrected chi connectivity index (χ4v) is 3.24. The van der Waals surface area contributed by atoms with Gasteiger partial charge in [-0.1, -0.05) is 35.0 Å². The van der Waals surface area contributed by atoms with Crippen molar-refractivity contribution in [2.24, 2.45) is 0 Å². The van der Waals surface area contributed by atoms with Crippen LogP contribution in [0.15, 0.2) is 41.1 Å². The third kappa shape index (κ3) is 2.81. The molecule has 20 heavy (non-hydrogen) atoms. The molecule has 1 aromatic carbocycles. The third-order valence-corrected chi connectivity index (χ3v) is 4.62. The first-order valence-corrected chi connectivity index (χ1v) is 8.08. The Bertz CT molecular complexity index is 561. The van der Waals surface area contributed by atoms with E-state index < -0.39 is 0 Å². The maximum absolute atomic E-state index is 4.57. The van der Waals surface area contributed by atoms with Gasteiger partial charge in [0.2, 0.25) is 0 Å². The molecule has 3 nitrogen and oxygen atoms in total. The average molecular weight is 334 g/mol. The highest BCUT2D eigenvalue weighted by molar-refractivity contribution is 9.10. The average Bonchev–Trinajstić information content (AvgIpc) is 2.97. The molecule has 2 heterocycles. The maximum atomic E-state index is 4.57. The van der Waals surface area contributed by atoms with E-state index in [2.05, 4.69) is 67.8 Å². The first kappa shape index (κ1) is 13.8. The summed E-state index contributed by atoms with van der Waals surface area (Å²) in [6, 6.07) is 8.96. The Morgan fingerprint density at radius 2 is 2.10 bits per heavy atom. The van der Waals surface area contributed by atoms with Crippen LogP contribution in [0.1, 0.15) is 25.8 Å². The lowest BCUT2D eigenvalue weighted by Crippen LogP contribution is -2.36. The summed E-state index contributed by atoms with van der Waals surface area (Å²) in [4.78, 5) is 7.10. The van der Waals surface area contributed by atoms with E-state index in [1.54, 1.807) is 0 Å². The minimum absolute atomic E-state index is 0.546. The van der Waals surface area contributed by atoms with E-state index in [9.17, 15) is 0 Å². The van der Waals surface area contributed by atoms with Crippen LogP contribution in [0.25, 0.3) is 11.4 Å². The molecular weight excluding hydrogens is 314 g/mol. The van der Waals surface area contributed by atoms with Gasteiger partial charge in [-0.2, -0.15) is 0 Å². The summed E-state index contributed by atoms with van der Waals surface area (Å²) in [5, 5.41) is 0. The Balaban J connectivity index is 1.88. The molecule has 1 aliphatic rings. The molecule has 0 aliphatic carbocycles. The first-order valence-electron chi connectivity index (χ1n) is 7.29. The van der Waals surface area contributed by atoms with Gasteiger partial charge >= 0.3 is 0 Å². The quantitative estimate of drug-likeness (QED) is 0.847. The molecule has 0 spiro atoms. The number of imidazole rings is 1. The fourth-order valence-electron chi connectivity index (χ4n) is 2.98. The van der Waals surface area contributed by atoms with Crippen LogP contribution in [-0.2, 0) is 0 Å². The van der Waals surface area contributed by atoms with Crippen LogP contribution < -0.4 is 0 Å². The Hall–Kier alpha value is -1.13. The van der Waals surface area contributed by atoms with E-state index in [1.165, 1.54) is 24.9 Å².